The fraction of sp³-hybridized carbons (Fsp3) is 0.294. The molecule has 0 atom stereocenters. The van der Waals surface area contributed by atoms with Crippen molar-refractivity contribution in [3.05, 3.63) is 52.7 Å². The molecule has 0 aliphatic heterocycles. The fourth-order valence-corrected chi connectivity index (χ4v) is 2.43. The number of benzene rings is 1. The Morgan fingerprint density at radius 2 is 2.05 bits per heavy atom. The van der Waals surface area contributed by atoms with Gasteiger partial charge in [-0.1, -0.05) is 12.1 Å². The van der Waals surface area contributed by atoms with E-state index in [4.69, 9.17) is 5.73 Å². The molecule has 0 amide bonds. The molecule has 2 rings (SSSR count). The highest BCUT2D eigenvalue weighted by Crippen LogP contribution is 2.23. The summed E-state index contributed by atoms with van der Waals surface area (Å²) in [6.45, 7) is 7.43. The van der Waals surface area contributed by atoms with Crippen molar-refractivity contribution >= 4 is 11.5 Å². The molecular formula is C17H20N4. The van der Waals surface area contributed by atoms with Gasteiger partial charge in [0.15, 0.2) is 0 Å². The van der Waals surface area contributed by atoms with Crippen molar-refractivity contribution in [3.8, 4) is 6.07 Å². The van der Waals surface area contributed by atoms with E-state index in [1.165, 1.54) is 0 Å². The zero-order valence-electron chi connectivity index (χ0n) is 12.7. The van der Waals surface area contributed by atoms with Gasteiger partial charge in [0.1, 0.15) is 11.9 Å². The summed E-state index contributed by atoms with van der Waals surface area (Å²) >= 11 is 0. The Labute approximate surface area is 125 Å². The van der Waals surface area contributed by atoms with Crippen LogP contribution in [0.1, 0.15) is 29.3 Å². The van der Waals surface area contributed by atoms with Crippen LogP contribution < -0.4 is 10.6 Å². The van der Waals surface area contributed by atoms with E-state index < -0.39 is 0 Å². The summed E-state index contributed by atoms with van der Waals surface area (Å²) in [6, 6.07) is 12.0. The van der Waals surface area contributed by atoms with Gasteiger partial charge in [-0.15, -0.1) is 0 Å². The molecule has 0 aliphatic carbocycles. The molecule has 0 radical (unpaired) electrons. The molecule has 0 aliphatic rings. The first kappa shape index (κ1) is 14.9. The molecule has 0 bridgehead atoms. The predicted octanol–water partition coefficient (Wildman–Crippen LogP) is 3.18. The van der Waals surface area contributed by atoms with Crippen LogP contribution in [0, 0.1) is 25.2 Å². The summed E-state index contributed by atoms with van der Waals surface area (Å²) in [6.07, 6.45) is 0. The van der Waals surface area contributed by atoms with E-state index in [9.17, 15) is 5.26 Å². The number of hydrogen-bond donors (Lipinski definition) is 1. The van der Waals surface area contributed by atoms with Crippen LogP contribution in [0.2, 0.25) is 0 Å². The maximum atomic E-state index is 9.41. The summed E-state index contributed by atoms with van der Waals surface area (Å²) in [4.78, 5) is 6.67. The number of rotatable bonds is 4. The lowest BCUT2D eigenvalue weighted by Crippen LogP contribution is -2.24. The first-order valence-corrected chi connectivity index (χ1v) is 7.02. The van der Waals surface area contributed by atoms with Crippen LogP contribution >= 0.6 is 0 Å². The van der Waals surface area contributed by atoms with E-state index in [0.29, 0.717) is 12.1 Å². The average molecular weight is 280 g/mol. The third-order valence-corrected chi connectivity index (χ3v) is 3.44. The van der Waals surface area contributed by atoms with Crippen molar-refractivity contribution < 1.29 is 0 Å². The lowest BCUT2D eigenvalue weighted by atomic mass is 10.1. The summed E-state index contributed by atoms with van der Waals surface area (Å²) in [7, 11) is 0. The molecule has 0 saturated carbocycles. The van der Waals surface area contributed by atoms with Gasteiger partial charge in [0, 0.05) is 24.5 Å². The monoisotopic (exact) mass is 280 g/mol. The second-order valence-electron chi connectivity index (χ2n) is 5.15. The number of nitriles is 1. The maximum Gasteiger partial charge on any atom is 0.147 e. The fourth-order valence-electron chi connectivity index (χ4n) is 2.43. The van der Waals surface area contributed by atoms with E-state index >= 15 is 0 Å². The van der Waals surface area contributed by atoms with E-state index in [1.54, 1.807) is 0 Å². The Balaban J connectivity index is 2.40. The summed E-state index contributed by atoms with van der Waals surface area (Å²) in [5.74, 6) is 0.750. The SMILES string of the molecule is CCN(Cc1cccc(N)c1)c1nc(C)cc(C)c1C#N. The molecule has 0 unspecified atom stereocenters. The molecule has 4 nitrogen and oxygen atoms in total. The molecule has 0 saturated heterocycles. The van der Waals surface area contributed by atoms with Gasteiger partial charge < -0.3 is 10.6 Å². The largest absolute Gasteiger partial charge is 0.399 e. The van der Waals surface area contributed by atoms with Crippen LogP contribution in [-0.2, 0) is 6.54 Å². The van der Waals surface area contributed by atoms with Crippen LogP contribution in [-0.4, -0.2) is 11.5 Å². The van der Waals surface area contributed by atoms with E-state index in [-0.39, 0.29) is 0 Å². The minimum atomic E-state index is 0.645. The Hall–Kier alpha value is -2.54. The molecule has 2 N–H and O–H groups in total. The average Bonchev–Trinajstić information content (AvgIpc) is 2.44. The molecule has 0 fully saturated rings. The molecule has 2 aromatic rings. The van der Waals surface area contributed by atoms with E-state index in [0.717, 1.165) is 34.9 Å². The topological polar surface area (TPSA) is 65.9 Å². The zero-order valence-corrected chi connectivity index (χ0v) is 12.7. The van der Waals surface area contributed by atoms with Crippen LogP contribution in [0.3, 0.4) is 0 Å². The third-order valence-electron chi connectivity index (χ3n) is 3.44. The Kier molecular flexibility index (Phi) is 4.44. The van der Waals surface area contributed by atoms with E-state index in [1.807, 2.05) is 44.2 Å². The molecule has 1 aromatic heterocycles. The predicted molar refractivity (Wildman–Crippen MR) is 86.0 cm³/mol. The Morgan fingerprint density at radius 3 is 2.67 bits per heavy atom. The van der Waals surface area contributed by atoms with E-state index in [2.05, 4.69) is 22.9 Å². The normalized spacial score (nSPS) is 10.2. The number of aromatic nitrogens is 1. The summed E-state index contributed by atoms with van der Waals surface area (Å²) in [5, 5.41) is 9.41. The number of nitrogen functional groups attached to an aromatic ring is 1. The second-order valence-corrected chi connectivity index (χ2v) is 5.15. The lowest BCUT2D eigenvalue weighted by molar-refractivity contribution is 0.807. The van der Waals surface area contributed by atoms with Gasteiger partial charge >= 0.3 is 0 Å². The van der Waals surface area contributed by atoms with Crippen LogP contribution in [0.15, 0.2) is 30.3 Å². The lowest BCUT2D eigenvalue weighted by Gasteiger charge is -2.24. The zero-order chi connectivity index (χ0) is 15.4. The molecule has 0 spiro atoms. The maximum absolute atomic E-state index is 9.41. The molecule has 1 aromatic carbocycles. The van der Waals surface area contributed by atoms with Crippen molar-refractivity contribution in [3.63, 3.8) is 0 Å². The smallest absolute Gasteiger partial charge is 0.147 e. The number of nitrogens with two attached hydrogens (primary N) is 1. The van der Waals surface area contributed by atoms with Gasteiger partial charge in [-0.3, -0.25) is 0 Å². The number of aryl methyl sites for hydroxylation is 2. The molecule has 21 heavy (non-hydrogen) atoms. The van der Waals surface area contributed by atoms with Crippen molar-refractivity contribution in [1.29, 1.82) is 5.26 Å². The molecular weight excluding hydrogens is 260 g/mol. The van der Waals surface area contributed by atoms with Gasteiger partial charge in [0.25, 0.3) is 0 Å². The van der Waals surface area contributed by atoms with Gasteiger partial charge in [-0.05, 0) is 50.1 Å². The van der Waals surface area contributed by atoms with Crippen molar-refractivity contribution in [1.82, 2.24) is 4.98 Å². The highest BCUT2D eigenvalue weighted by atomic mass is 15.2. The third kappa shape index (κ3) is 3.32. The van der Waals surface area contributed by atoms with Crippen molar-refractivity contribution in [2.45, 2.75) is 27.3 Å². The summed E-state index contributed by atoms with van der Waals surface area (Å²) in [5.41, 5.74) is 10.2. The second kappa shape index (κ2) is 6.27. The molecule has 4 heteroatoms. The van der Waals surface area contributed by atoms with Crippen LogP contribution in [0.25, 0.3) is 0 Å². The van der Waals surface area contributed by atoms with Crippen molar-refractivity contribution in [2.24, 2.45) is 0 Å². The molecule has 108 valence electrons. The number of pyridine rings is 1. The van der Waals surface area contributed by atoms with Crippen LogP contribution in [0.4, 0.5) is 11.5 Å². The quantitative estimate of drug-likeness (QED) is 0.873. The van der Waals surface area contributed by atoms with Gasteiger partial charge in [-0.2, -0.15) is 5.26 Å². The van der Waals surface area contributed by atoms with Gasteiger partial charge in [0.2, 0.25) is 0 Å². The Bertz CT molecular complexity index is 686. The number of anilines is 2. The standard InChI is InChI=1S/C17H20N4/c1-4-21(11-14-6-5-7-15(19)9-14)17-16(10-18)12(2)8-13(3)20-17/h5-9H,4,11,19H2,1-3H3. The Morgan fingerprint density at radius 1 is 1.29 bits per heavy atom. The minimum absolute atomic E-state index is 0.645. The number of nitrogens with zero attached hydrogens (tertiary/aromatic N) is 3. The first-order chi connectivity index (χ1) is 10.0. The molecule has 1 heterocycles. The summed E-state index contributed by atoms with van der Waals surface area (Å²) < 4.78 is 0. The van der Waals surface area contributed by atoms with Gasteiger partial charge in [-0.25, -0.2) is 4.98 Å². The first-order valence-electron chi connectivity index (χ1n) is 7.02. The van der Waals surface area contributed by atoms with Crippen molar-refractivity contribution in [2.75, 3.05) is 17.2 Å². The highest BCUT2D eigenvalue weighted by Gasteiger charge is 2.15. The minimum Gasteiger partial charge on any atom is -0.399 e. The van der Waals surface area contributed by atoms with Crippen LogP contribution in [0.5, 0.6) is 0 Å². The number of hydrogen-bond acceptors (Lipinski definition) is 4. The highest BCUT2D eigenvalue weighted by molar-refractivity contribution is 5.58. The van der Waals surface area contributed by atoms with Gasteiger partial charge in [0.05, 0.1) is 5.56 Å².